The van der Waals surface area contributed by atoms with Crippen molar-refractivity contribution >= 4 is 22.2 Å². The van der Waals surface area contributed by atoms with Crippen molar-refractivity contribution in [1.82, 2.24) is 14.7 Å². The lowest BCUT2D eigenvalue weighted by Gasteiger charge is -2.15. The number of hydrogen-bond donors (Lipinski definition) is 1. The Bertz CT molecular complexity index is 1050. The van der Waals surface area contributed by atoms with Gasteiger partial charge in [0.25, 0.3) is 11.5 Å². The van der Waals surface area contributed by atoms with Crippen LogP contribution in [0.3, 0.4) is 0 Å². The molecule has 0 fully saturated rings. The first kappa shape index (κ1) is 17.7. The van der Waals surface area contributed by atoms with Gasteiger partial charge in [-0.25, -0.2) is 4.98 Å². The van der Waals surface area contributed by atoms with Crippen molar-refractivity contribution in [2.75, 3.05) is 7.11 Å². The van der Waals surface area contributed by atoms with E-state index in [-0.39, 0.29) is 17.2 Å². The van der Waals surface area contributed by atoms with E-state index in [1.165, 1.54) is 11.1 Å². The normalized spacial score (nSPS) is 14.6. The molecule has 0 spiro atoms. The van der Waals surface area contributed by atoms with Crippen molar-refractivity contribution in [2.24, 2.45) is 0 Å². The van der Waals surface area contributed by atoms with Crippen molar-refractivity contribution in [1.29, 1.82) is 0 Å². The van der Waals surface area contributed by atoms with Crippen molar-refractivity contribution < 1.29 is 9.53 Å². The van der Waals surface area contributed by atoms with Crippen LogP contribution in [0, 0.1) is 0 Å². The van der Waals surface area contributed by atoms with Crippen LogP contribution in [0.15, 0.2) is 35.3 Å². The lowest BCUT2D eigenvalue weighted by Crippen LogP contribution is -2.33. The molecule has 0 saturated carbocycles. The van der Waals surface area contributed by atoms with Crippen LogP contribution in [0.5, 0.6) is 5.75 Å². The van der Waals surface area contributed by atoms with Gasteiger partial charge in [0.1, 0.15) is 11.3 Å². The highest BCUT2D eigenvalue weighted by molar-refractivity contribution is 7.17. The third-order valence-electron chi connectivity index (χ3n) is 5.01. The molecular weight excluding hydrogens is 362 g/mol. The minimum atomic E-state index is -0.402. The zero-order chi connectivity index (χ0) is 19.0. The number of benzene rings is 1. The van der Waals surface area contributed by atoms with Crippen molar-refractivity contribution in [3.8, 4) is 5.75 Å². The summed E-state index contributed by atoms with van der Waals surface area (Å²) in [5.41, 5.74) is 1.76. The van der Waals surface area contributed by atoms with Crippen molar-refractivity contribution in [2.45, 2.75) is 38.6 Å². The maximum absolute atomic E-state index is 13.0. The second kappa shape index (κ2) is 7.15. The van der Waals surface area contributed by atoms with Crippen LogP contribution in [-0.2, 0) is 12.8 Å². The third kappa shape index (κ3) is 3.23. The third-order valence-corrected chi connectivity index (χ3v) is 6.17. The molecule has 27 heavy (non-hydrogen) atoms. The molecule has 1 atom stereocenters. The Balaban J connectivity index is 1.62. The number of aromatic nitrogens is 2. The summed E-state index contributed by atoms with van der Waals surface area (Å²) in [6.45, 7) is 1.88. The summed E-state index contributed by atoms with van der Waals surface area (Å²) in [5, 5.41) is 2.90. The lowest BCUT2D eigenvalue weighted by atomic mass is 10.0. The monoisotopic (exact) mass is 383 g/mol. The van der Waals surface area contributed by atoms with Crippen LogP contribution >= 0.6 is 11.3 Å². The standard InChI is InChI=1S/C20H21N3O3S/c1-12(13-7-9-14(26-2)10-8-13)22-18(24)15-11-21-20-23(19(15)25)16-5-3-4-6-17(16)27-20/h7-12H,3-6H2,1-2H3,(H,22,24)/t12-/m0/s1. The number of thiazole rings is 1. The molecule has 4 rings (SSSR count). The average molecular weight is 383 g/mol. The summed E-state index contributed by atoms with van der Waals surface area (Å²) in [6.07, 6.45) is 5.45. The molecule has 0 aliphatic heterocycles. The number of nitrogens with one attached hydrogen (secondary N) is 1. The van der Waals surface area contributed by atoms with E-state index in [4.69, 9.17) is 4.74 Å². The number of amides is 1. The molecule has 0 bridgehead atoms. The first-order chi connectivity index (χ1) is 13.1. The van der Waals surface area contributed by atoms with E-state index < -0.39 is 5.91 Å². The van der Waals surface area contributed by atoms with Gasteiger partial charge in [0.2, 0.25) is 0 Å². The van der Waals surface area contributed by atoms with Crippen molar-refractivity contribution in [3.05, 3.63) is 62.5 Å². The summed E-state index contributed by atoms with van der Waals surface area (Å²) in [4.78, 5) is 31.9. The molecule has 1 aliphatic carbocycles. The van der Waals surface area contributed by atoms with E-state index in [9.17, 15) is 9.59 Å². The highest BCUT2D eigenvalue weighted by Crippen LogP contribution is 2.28. The zero-order valence-corrected chi connectivity index (χ0v) is 16.1. The van der Waals surface area contributed by atoms with E-state index >= 15 is 0 Å². The SMILES string of the molecule is COc1ccc([C@H](C)NC(=O)c2cnc3sc4c(n3c2=O)CCCC4)cc1. The van der Waals surface area contributed by atoms with Gasteiger partial charge >= 0.3 is 0 Å². The first-order valence-corrected chi connectivity index (χ1v) is 9.87. The van der Waals surface area contributed by atoms with Gasteiger partial charge in [-0.2, -0.15) is 0 Å². The van der Waals surface area contributed by atoms with E-state index in [0.29, 0.717) is 4.96 Å². The average Bonchev–Trinajstić information content (AvgIpc) is 3.07. The number of ether oxygens (including phenoxy) is 1. The maximum atomic E-state index is 13.0. The molecule has 2 heterocycles. The van der Waals surface area contributed by atoms with Gasteiger partial charge in [0.15, 0.2) is 4.96 Å². The molecule has 1 N–H and O–H groups in total. The summed E-state index contributed by atoms with van der Waals surface area (Å²) < 4.78 is 6.79. The fourth-order valence-electron chi connectivity index (χ4n) is 3.47. The fraction of sp³-hybridized carbons (Fsp3) is 0.350. The maximum Gasteiger partial charge on any atom is 0.271 e. The summed E-state index contributed by atoms with van der Waals surface area (Å²) in [5.74, 6) is 0.355. The molecule has 6 nitrogen and oxygen atoms in total. The molecule has 0 unspecified atom stereocenters. The lowest BCUT2D eigenvalue weighted by molar-refractivity contribution is 0.0938. The van der Waals surface area contributed by atoms with Gasteiger partial charge in [-0.1, -0.05) is 12.1 Å². The highest BCUT2D eigenvalue weighted by Gasteiger charge is 2.22. The molecule has 7 heteroatoms. The molecule has 140 valence electrons. The number of nitrogens with zero attached hydrogens (tertiary/aromatic N) is 2. The molecule has 1 amide bonds. The second-order valence-electron chi connectivity index (χ2n) is 6.74. The van der Waals surface area contributed by atoms with Crippen LogP contribution < -0.4 is 15.6 Å². The number of aryl methyl sites for hydroxylation is 2. The zero-order valence-electron chi connectivity index (χ0n) is 15.3. The Hall–Kier alpha value is -2.67. The topological polar surface area (TPSA) is 72.7 Å². The molecule has 1 aliphatic rings. The van der Waals surface area contributed by atoms with Crippen LogP contribution in [0.1, 0.15) is 52.3 Å². The van der Waals surface area contributed by atoms with E-state index in [0.717, 1.165) is 42.7 Å². The number of methoxy groups -OCH3 is 1. The van der Waals surface area contributed by atoms with Crippen LogP contribution in [0.4, 0.5) is 0 Å². The number of hydrogen-bond acceptors (Lipinski definition) is 5. The van der Waals surface area contributed by atoms with Crippen LogP contribution in [0.25, 0.3) is 4.96 Å². The number of rotatable bonds is 4. The predicted octanol–water partition coefficient (Wildman–Crippen LogP) is 3.13. The highest BCUT2D eigenvalue weighted by atomic mass is 32.1. The quantitative estimate of drug-likeness (QED) is 0.751. The first-order valence-electron chi connectivity index (χ1n) is 9.05. The van der Waals surface area contributed by atoms with E-state index in [1.807, 2.05) is 31.2 Å². The fourth-order valence-corrected chi connectivity index (χ4v) is 4.64. The Morgan fingerprint density at radius 2 is 2.00 bits per heavy atom. The molecule has 1 aromatic carbocycles. The number of carbonyl (C=O) groups excluding carboxylic acids is 1. The van der Waals surface area contributed by atoms with Gasteiger partial charge in [-0.05, 0) is 50.3 Å². The Morgan fingerprint density at radius 3 is 2.74 bits per heavy atom. The van der Waals surface area contributed by atoms with Gasteiger partial charge in [0, 0.05) is 16.8 Å². The molecule has 3 aromatic rings. The minimum Gasteiger partial charge on any atom is -0.497 e. The Kier molecular flexibility index (Phi) is 4.70. The Morgan fingerprint density at radius 1 is 1.26 bits per heavy atom. The summed E-state index contributed by atoms with van der Waals surface area (Å²) in [6, 6.07) is 7.25. The van der Waals surface area contributed by atoms with Gasteiger partial charge in [-0.3, -0.25) is 14.0 Å². The Labute approximate surface area is 160 Å². The molecule has 0 radical (unpaired) electrons. The predicted molar refractivity (Wildman–Crippen MR) is 105 cm³/mol. The second-order valence-corrected chi connectivity index (χ2v) is 7.80. The number of fused-ring (bicyclic) bond motifs is 3. The van der Waals surface area contributed by atoms with Gasteiger partial charge < -0.3 is 10.1 Å². The molecular formula is C20H21N3O3S. The van der Waals surface area contributed by atoms with Crippen LogP contribution in [-0.4, -0.2) is 22.4 Å². The largest absolute Gasteiger partial charge is 0.497 e. The molecule has 2 aromatic heterocycles. The summed E-state index contributed by atoms with van der Waals surface area (Å²) >= 11 is 1.56. The smallest absolute Gasteiger partial charge is 0.271 e. The minimum absolute atomic E-state index is 0.0824. The van der Waals surface area contributed by atoms with Gasteiger partial charge in [0.05, 0.1) is 13.2 Å². The summed E-state index contributed by atoms with van der Waals surface area (Å²) in [7, 11) is 1.61. The molecule has 0 saturated heterocycles. The van der Waals surface area contributed by atoms with E-state index in [1.54, 1.807) is 22.8 Å². The van der Waals surface area contributed by atoms with Crippen molar-refractivity contribution in [3.63, 3.8) is 0 Å². The van der Waals surface area contributed by atoms with Crippen LogP contribution in [0.2, 0.25) is 0 Å². The van der Waals surface area contributed by atoms with Gasteiger partial charge in [-0.15, -0.1) is 11.3 Å². The van der Waals surface area contributed by atoms with E-state index in [2.05, 4.69) is 10.3 Å². The number of carbonyl (C=O) groups is 1.